The van der Waals surface area contributed by atoms with E-state index in [4.69, 9.17) is 0 Å². The summed E-state index contributed by atoms with van der Waals surface area (Å²) in [6.45, 7) is 3.34. The third-order valence-corrected chi connectivity index (χ3v) is 2.27. The Balaban J connectivity index is 2.34. The van der Waals surface area contributed by atoms with Gasteiger partial charge in [0.2, 0.25) is 0 Å². The number of rotatable bonds is 3. The zero-order valence-corrected chi connectivity index (χ0v) is 9.14. The van der Waals surface area contributed by atoms with Gasteiger partial charge in [0.15, 0.2) is 5.58 Å². The molecule has 0 aliphatic carbocycles. The Bertz CT molecular complexity index is 519. The number of alkyl halides is 3. The molecule has 0 aliphatic heterocycles. The predicted octanol–water partition coefficient (Wildman–Crippen LogP) is 2.96. The van der Waals surface area contributed by atoms with Gasteiger partial charge < -0.3 is 9.73 Å². The molecule has 92 valence electrons. The number of fused-ring (bicyclic) bond motifs is 1. The monoisotopic (exact) mass is 244 g/mol. The van der Waals surface area contributed by atoms with E-state index in [1.807, 2.05) is 6.92 Å². The quantitative estimate of drug-likeness (QED) is 0.902. The number of nitrogens with one attached hydrogen (secondary N) is 1. The van der Waals surface area contributed by atoms with E-state index in [2.05, 4.69) is 14.7 Å². The number of benzene rings is 1. The molecule has 1 N–H and O–H groups in total. The Kier molecular flexibility index (Phi) is 3.06. The Labute approximate surface area is 95.6 Å². The van der Waals surface area contributed by atoms with Crippen molar-refractivity contribution in [1.82, 2.24) is 10.3 Å². The van der Waals surface area contributed by atoms with Crippen LogP contribution >= 0.6 is 0 Å². The van der Waals surface area contributed by atoms with Crippen LogP contribution in [0.5, 0.6) is 0 Å². The van der Waals surface area contributed by atoms with Crippen LogP contribution in [0.25, 0.3) is 11.1 Å². The molecule has 1 aromatic carbocycles. The standard InChI is InChI=1S/C11H11F3N2O/c1-2-15-6-7-3-4-8-9(5-7)17-10(16-8)11(12,13)14/h3-5,15H,2,6H2,1H3. The van der Waals surface area contributed by atoms with Crippen molar-refractivity contribution in [3.05, 3.63) is 29.7 Å². The largest absolute Gasteiger partial charge is 0.468 e. The minimum absolute atomic E-state index is 0.160. The van der Waals surface area contributed by atoms with Crippen molar-refractivity contribution >= 4 is 11.1 Å². The third-order valence-electron chi connectivity index (χ3n) is 2.27. The number of hydrogen-bond donors (Lipinski definition) is 1. The molecule has 6 heteroatoms. The summed E-state index contributed by atoms with van der Waals surface area (Å²) in [5.41, 5.74) is 1.24. The fourth-order valence-corrected chi connectivity index (χ4v) is 1.47. The first-order valence-electron chi connectivity index (χ1n) is 5.18. The van der Waals surface area contributed by atoms with Crippen LogP contribution in [-0.4, -0.2) is 11.5 Å². The Morgan fingerprint density at radius 1 is 1.35 bits per heavy atom. The summed E-state index contributed by atoms with van der Waals surface area (Å²) in [7, 11) is 0. The molecule has 0 spiro atoms. The van der Waals surface area contributed by atoms with Crippen LogP contribution in [0.4, 0.5) is 13.2 Å². The summed E-state index contributed by atoms with van der Waals surface area (Å²) < 4.78 is 41.8. The summed E-state index contributed by atoms with van der Waals surface area (Å²) in [4.78, 5) is 3.39. The maximum Gasteiger partial charge on any atom is 0.468 e. The van der Waals surface area contributed by atoms with Crippen molar-refractivity contribution < 1.29 is 17.6 Å². The van der Waals surface area contributed by atoms with E-state index in [9.17, 15) is 13.2 Å². The molecule has 0 fully saturated rings. The maximum atomic E-state index is 12.4. The van der Waals surface area contributed by atoms with Crippen LogP contribution in [-0.2, 0) is 12.7 Å². The smallest absolute Gasteiger partial charge is 0.433 e. The van der Waals surface area contributed by atoms with E-state index >= 15 is 0 Å². The Morgan fingerprint density at radius 2 is 2.12 bits per heavy atom. The first-order valence-corrected chi connectivity index (χ1v) is 5.18. The summed E-state index contributed by atoms with van der Waals surface area (Å²) in [5, 5.41) is 3.08. The van der Waals surface area contributed by atoms with Crippen molar-refractivity contribution in [3.8, 4) is 0 Å². The lowest BCUT2D eigenvalue weighted by atomic mass is 10.2. The third kappa shape index (κ3) is 2.58. The molecular formula is C11H11F3N2O. The second-order valence-corrected chi connectivity index (χ2v) is 3.60. The summed E-state index contributed by atoms with van der Waals surface area (Å²) >= 11 is 0. The van der Waals surface area contributed by atoms with Gasteiger partial charge in [-0.2, -0.15) is 13.2 Å². The molecule has 17 heavy (non-hydrogen) atoms. The summed E-state index contributed by atoms with van der Waals surface area (Å²) in [5.74, 6) is -1.20. The molecular weight excluding hydrogens is 233 g/mol. The van der Waals surface area contributed by atoms with E-state index in [0.29, 0.717) is 6.54 Å². The second-order valence-electron chi connectivity index (χ2n) is 3.60. The highest BCUT2D eigenvalue weighted by atomic mass is 19.4. The highest BCUT2D eigenvalue weighted by molar-refractivity contribution is 5.73. The molecule has 0 unspecified atom stereocenters. The van der Waals surface area contributed by atoms with Crippen molar-refractivity contribution in [2.24, 2.45) is 0 Å². The van der Waals surface area contributed by atoms with Crippen LogP contribution in [0.3, 0.4) is 0 Å². The first-order chi connectivity index (χ1) is 8.00. The van der Waals surface area contributed by atoms with Crippen molar-refractivity contribution in [3.63, 3.8) is 0 Å². The van der Waals surface area contributed by atoms with E-state index < -0.39 is 12.1 Å². The van der Waals surface area contributed by atoms with Crippen LogP contribution in [0.15, 0.2) is 22.6 Å². The zero-order valence-electron chi connectivity index (χ0n) is 9.14. The van der Waals surface area contributed by atoms with Crippen LogP contribution < -0.4 is 5.32 Å². The average Bonchev–Trinajstić information content (AvgIpc) is 2.68. The molecule has 0 saturated heterocycles. The van der Waals surface area contributed by atoms with Gasteiger partial charge in [0.1, 0.15) is 5.52 Å². The summed E-state index contributed by atoms with van der Waals surface area (Å²) in [6.07, 6.45) is -4.54. The molecule has 0 amide bonds. The van der Waals surface area contributed by atoms with Crippen molar-refractivity contribution in [2.75, 3.05) is 6.54 Å². The van der Waals surface area contributed by atoms with E-state index in [0.717, 1.165) is 12.1 Å². The molecule has 3 nitrogen and oxygen atoms in total. The minimum Gasteiger partial charge on any atom is -0.433 e. The highest BCUT2D eigenvalue weighted by Gasteiger charge is 2.37. The normalized spacial score (nSPS) is 12.2. The molecule has 0 radical (unpaired) electrons. The maximum absolute atomic E-state index is 12.4. The first kappa shape index (κ1) is 11.9. The number of hydrogen-bond acceptors (Lipinski definition) is 3. The molecule has 0 aliphatic rings. The number of halogens is 3. The molecule has 2 rings (SSSR count). The van der Waals surface area contributed by atoms with Gasteiger partial charge in [-0.3, -0.25) is 0 Å². The van der Waals surface area contributed by atoms with Gasteiger partial charge in [-0.05, 0) is 24.2 Å². The summed E-state index contributed by atoms with van der Waals surface area (Å²) in [6, 6.07) is 4.83. The number of oxazole rings is 1. The molecule has 0 atom stereocenters. The van der Waals surface area contributed by atoms with Crippen molar-refractivity contribution in [2.45, 2.75) is 19.6 Å². The topological polar surface area (TPSA) is 38.1 Å². The molecule has 2 aromatic rings. The lowest BCUT2D eigenvalue weighted by Gasteiger charge is -2.00. The average molecular weight is 244 g/mol. The van der Waals surface area contributed by atoms with Crippen LogP contribution in [0, 0.1) is 0 Å². The molecule has 1 aromatic heterocycles. The second kappa shape index (κ2) is 4.37. The fraction of sp³-hybridized carbons (Fsp3) is 0.364. The lowest BCUT2D eigenvalue weighted by Crippen LogP contribution is -2.11. The lowest BCUT2D eigenvalue weighted by molar-refractivity contribution is -0.156. The van der Waals surface area contributed by atoms with Gasteiger partial charge in [-0.15, -0.1) is 0 Å². The zero-order chi connectivity index (χ0) is 12.5. The van der Waals surface area contributed by atoms with Gasteiger partial charge in [0.25, 0.3) is 0 Å². The molecule has 0 saturated carbocycles. The van der Waals surface area contributed by atoms with E-state index in [-0.39, 0.29) is 11.1 Å². The van der Waals surface area contributed by atoms with Gasteiger partial charge in [0, 0.05) is 6.54 Å². The predicted molar refractivity (Wildman–Crippen MR) is 56.4 cm³/mol. The fourth-order valence-electron chi connectivity index (χ4n) is 1.47. The van der Waals surface area contributed by atoms with Crippen LogP contribution in [0.1, 0.15) is 18.4 Å². The SMILES string of the molecule is CCNCc1ccc2nc(C(F)(F)F)oc2c1. The van der Waals surface area contributed by atoms with Gasteiger partial charge >= 0.3 is 12.1 Å². The van der Waals surface area contributed by atoms with Gasteiger partial charge in [-0.25, -0.2) is 4.98 Å². The van der Waals surface area contributed by atoms with Crippen LogP contribution in [0.2, 0.25) is 0 Å². The van der Waals surface area contributed by atoms with E-state index in [1.54, 1.807) is 12.1 Å². The van der Waals surface area contributed by atoms with Gasteiger partial charge in [0.05, 0.1) is 0 Å². The minimum atomic E-state index is -4.54. The molecule has 0 bridgehead atoms. The molecule has 1 heterocycles. The highest BCUT2D eigenvalue weighted by Crippen LogP contribution is 2.31. The number of aromatic nitrogens is 1. The van der Waals surface area contributed by atoms with Gasteiger partial charge in [-0.1, -0.05) is 13.0 Å². The Morgan fingerprint density at radius 3 is 2.76 bits per heavy atom. The Hall–Kier alpha value is -1.56. The van der Waals surface area contributed by atoms with E-state index in [1.165, 1.54) is 6.07 Å². The number of nitrogens with zero attached hydrogens (tertiary/aromatic N) is 1. The van der Waals surface area contributed by atoms with Crippen molar-refractivity contribution in [1.29, 1.82) is 0 Å².